The van der Waals surface area contributed by atoms with Gasteiger partial charge in [-0.2, -0.15) is 0 Å². The molecule has 98 valence electrons. The van der Waals surface area contributed by atoms with Crippen LogP contribution in [0.1, 0.15) is 44.1 Å². The van der Waals surface area contributed by atoms with Crippen LogP contribution in [0.5, 0.6) is 0 Å². The van der Waals surface area contributed by atoms with Crippen LogP contribution in [0.15, 0.2) is 30.3 Å². The normalized spacial score (nSPS) is 29.8. The molecule has 18 heavy (non-hydrogen) atoms. The van der Waals surface area contributed by atoms with E-state index in [1.807, 2.05) is 18.2 Å². The van der Waals surface area contributed by atoms with E-state index in [0.29, 0.717) is 24.3 Å². The molecular weight excluding hydrogens is 228 g/mol. The number of aliphatic hydroxyl groups is 1. The van der Waals surface area contributed by atoms with Crippen LogP contribution >= 0.6 is 0 Å². The predicted molar refractivity (Wildman–Crippen MR) is 69.4 cm³/mol. The van der Waals surface area contributed by atoms with Crippen LogP contribution in [-0.4, -0.2) is 21.8 Å². The van der Waals surface area contributed by atoms with Gasteiger partial charge in [-0.3, -0.25) is 4.79 Å². The molecular formula is C15H20O3. The van der Waals surface area contributed by atoms with E-state index < -0.39 is 17.5 Å². The van der Waals surface area contributed by atoms with Crippen molar-refractivity contribution in [2.75, 3.05) is 0 Å². The Morgan fingerprint density at radius 1 is 1.28 bits per heavy atom. The number of carboxylic acid groups (broad SMARTS) is 1. The van der Waals surface area contributed by atoms with Crippen molar-refractivity contribution >= 4 is 5.97 Å². The summed E-state index contributed by atoms with van der Waals surface area (Å²) in [7, 11) is 0. The Morgan fingerprint density at radius 2 is 1.83 bits per heavy atom. The van der Waals surface area contributed by atoms with E-state index in [2.05, 4.69) is 6.92 Å². The molecule has 1 aromatic carbocycles. The summed E-state index contributed by atoms with van der Waals surface area (Å²) in [6, 6.07) is 9.07. The molecule has 1 atom stereocenters. The van der Waals surface area contributed by atoms with Crippen LogP contribution in [0.2, 0.25) is 0 Å². The maximum atomic E-state index is 11.5. The first-order chi connectivity index (χ1) is 8.53. The molecule has 1 fully saturated rings. The number of aliphatic carboxylic acids is 1. The van der Waals surface area contributed by atoms with Gasteiger partial charge in [0.25, 0.3) is 0 Å². The van der Waals surface area contributed by atoms with Crippen molar-refractivity contribution in [1.82, 2.24) is 0 Å². The minimum Gasteiger partial charge on any atom is -0.481 e. The molecule has 0 heterocycles. The first-order valence-corrected chi connectivity index (χ1v) is 6.53. The summed E-state index contributed by atoms with van der Waals surface area (Å²) in [6.07, 6.45) is 2.93. The molecule has 1 aliphatic rings. The Bertz CT molecular complexity index is 405. The number of hydrogen-bond donors (Lipinski definition) is 2. The summed E-state index contributed by atoms with van der Waals surface area (Å²) >= 11 is 0. The topological polar surface area (TPSA) is 57.5 Å². The highest BCUT2D eigenvalue weighted by Crippen LogP contribution is 2.41. The zero-order valence-corrected chi connectivity index (χ0v) is 10.7. The molecule has 0 amide bonds. The van der Waals surface area contributed by atoms with Gasteiger partial charge < -0.3 is 10.2 Å². The number of hydrogen-bond acceptors (Lipinski definition) is 2. The molecule has 0 unspecified atom stereocenters. The lowest BCUT2D eigenvalue weighted by Crippen LogP contribution is -2.43. The largest absolute Gasteiger partial charge is 0.481 e. The summed E-state index contributed by atoms with van der Waals surface area (Å²) in [5.74, 6) is -1.17. The van der Waals surface area contributed by atoms with Crippen molar-refractivity contribution in [2.24, 2.45) is 5.92 Å². The number of rotatable bonds is 3. The smallest absolute Gasteiger partial charge is 0.313 e. The quantitative estimate of drug-likeness (QED) is 0.864. The van der Waals surface area contributed by atoms with Gasteiger partial charge in [-0.05, 0) is 37.2 Å². The summed E-state index contributed by atoms with van der Waals surface area (Å²) in [6.45, 7) is 2.15. The fourth-order valence-electron chi connectivity index (χ4n) is 2.88. The molecule has 0 bridgehead atoms. The van der Waals surface area contributed by atoms with Gasteiger partial charge in [0.05, 0.1) is 5.60 Å². The van der Waals surface area contributed by atoms with Crippen molar-refractivity contribution in [2.45, 2.75) is 44.1 Å². The van der Waals surface area contributed by atoms with Crippen LogP contribution in [0, 0.1) is 5.92 Å². The Hall–Kier alpha value is -1.35. The molecule has 1 aliphatic carbocycles. The fraction of sp³-hybridized carbons (Fsp3) is 0.533. The van der Waals surface area contributed by atoms with Gasteiger partial charge in [-0.25, -0.2) is 0 Å². The van der Waals surface area contributed by atoms with E-state index >= 15 is 0 Å². The highest BCUT2D eigenvalue weighted by atomic mass is 16.4. The van der Waals surface area contributed by atoms with Gasteiger partial charge in [-0.15, -0.1) is 0 Å². The zero-order valence-electron chi connectivity index (χ0n) is 10.7. The monoisotopic (exact) mass is 248 g/mol. The minimum absolute atomic E-state index is 0.569. The lowest BCUT2D eigenvalue weighted by atomic mass is 9.70. The summed E-state index contributed by atoms with van der Waals surface area (Å²) < 4.78 is 0. The molecule has 0 saturated heterocycles. The van der Waals surface area contributed by atoms with Crippen LogP contribution in [0.3, 0.4) is 0 Å². The highest BCUT2D eigenvalue weighted by molar-refractivity contribution is 5.77. The lowest BCUT2D eigenvalue weighted by Gasteiger charge is -2.39. The molecule has 2 N–H and O–H groups in total. The van der Waals surface area contributed by atoms with E-state index in [-0.39, 0.29) is 0 Å². The molecule has 0 spiro atoms. The molecule has 3 heteroatoms. The Kier molecular flexibility index (Phi) is 3.71. The predicted octanol–water partition coefficient (Wildman–Crippen LogP) is 2.80. The van der Waals surface area contributed by atoms with E-state index in [0.717, 1.165) is 12.8 Å². The van der Waals surface area contributed by atoms with Crippen molar-refractivity contribution in [3.63, 3.8) is 0 Å². The minimum atomic E-state index is -1.10. The van der Waals surface area contributed by atoms with Gasteiger partial charge in [0.15, 0.2) is 0 Å². The average Bonchev–Trinajstić information content (AvgIpc) is 2.34. The van der Waals surface area contributed by atoms with Gasteiger partial charge in [0.2, 0.25) is 0 Å². The van der Waals surface area contributed by atoms with E-state index in [4.69, 9.17) is 0 Å². The SMILES string of the molecule is CC1CCC(O)([C@@H](C(=O)O)c2ccccc2)CC1. The van der Waals surface area contributed by atoms with Crippen molar-refractivity contribution < 1.29 is 15.0 Å². The standard InChI is InChI=1S/C15H20O3/c1-11-7-9-15(18,10-8-11)13(14(16)17)12-5-3-2-4-6-12/h2-6,11,13,18H,7-10H2,1H3,(H,16,17)/t11?,13-,15?/m1/s1. The summed E-state index contributed by atoms with van der Waals surface area (Å²) in [4.78, 5) is 11.5. The maximum absolute atomic E-state index is 11.5. The molecule has 2 rings (SSSR count). The number of benzene rings is 1. The first kappa shape index (κ1) is 13.1. The van der Waals surface area contributed by atoms with Crippen molar-refractivity contribution in [3.8, 4) is 0 Å². The van der Waals surface area contributed by atoms with Gasteiger partial charge in [0.1, 0.15) is 5.92 Å². The van der Waals surface area contributed by atoms with Gasteiger partial charge in [-0.1, -0.05) is 37.3 Å². The molecule has 3 nitrogen and oxygen atoms in total. The Balaban J connectivity index is 2.28. The van der Waals surface area contributed by atoms with E-state index in [9.17, 15) is 15.0 Å². The number of carbonyl (C=O) groups is 1. The highest BCUT2D eigenvalue weighted by Gasteiger charge is 2.44. The molecule has 1 saturated carbocycles. The van der Waals surface area contributed by atoms with Gasteiger partial charge in [0, 0.05) is 0 Å². The van der Waals surface area contributed by atoms with Crippen LogP contribution in [0.4, 0.5) is 0 Å². The third-order valence-electron chi connectivity index (χ3n) is 4.06. The third-order valence-corrected chi connectivity index (χ3v) is 4.06. The van der Waals surface area contributed by atoms with E-state index in [1.54, 1.807) is 12.1 Å². The summed E-state index contributed by atoms with van der Waals surface area (Å²) in [5.41, 5.74) is -0.401. The molecule has 0 radical (unpaired) electrons. The number of carboxylic acids is 1. The Labute approximate surface area is 107 Å². The Morgan fingerprint density at radius 3 is 2.33 bits per heavy atom. The van der Waals surface area contributed by atoms with Crippen molar-refractivity contribution in [3.05, 3.63) is 35.9 Å². The summed E-state index contributed by atoms with van der Waals surface area (Å²) in [5, 5.41) is 20.1. The lowest BCUT2D eigenvalue weighted by molar-refractivity contribution is -0.148. The van der Waals surface area contributed by atoms with E-state index in [1.165, 1.54) is 0 Å². The van der Waals surface area contributed by atoms with Crippen LogP contribution < -0.4 is 0 Å². The third kappa shape index (κ3) is 2.56. The maximum Gasteiger partial charge on any atom is 0.313 e. The average molecular weight is 248 g/mol. The zero-order chi connectivity index (χ0) is 13.2. The molecule has 0 aromatic heterocycles. The second-order valence-corrected chi connectivity index (χ2v) is 5.47. The molecule has 1 aromatic rings. The molecule has 0 aliphatic heterocycles. The first-order valence-electron chi connectivity index (χ1n) is 6.53. The van der Waals surface area contributed by atoms with Crippen molar-refractivity contribution in [1.29, 1.82) is 0 Å². The second kappa shape index (κ2) is 5.11. The van der Waals surface area contributed by atoms with Gasteiger partial charge >= 0.3 is 5.97 Å². The van der Waals surface area contributed by atoms with Crippen LogP contribution in [-0.2, 0) is 4.79 Å². The van der Waals surface area contributed by atoms with Crippen LogP contribution in [0.25, 0.3) is 0 Å². The fourth-order valence-corrected chi connectivity index (χ4v) is 2.88. The second-order valence-electron chi connectivity index (χ2n) is 5.47.